The van der Waals surface area contributed by atoms with Crippen molar-refractivity contribution in [2.24, 2.45) is 0 Å². The predicted octanol–water partition coefficient (Wildman–Crippen LogP) is 2.81. The average molecular weight is 345 g/mol. The molecular weight excluding hydrogens is 326 g/mol. The minimum atomic E-state index is -1.15. The maximum absolute atomic E-state index is 12.1. The molecule has 0 saturated heterocycles. The van der Waals surface area contributed by atoms with Crippen LogP contribution in [0.5, 0.6) is 17.2 Å². The Balaban J connectivity index is 2.06. The van der Waals surface area contributed by atoms with Crippen LogP contribution < -0.4 is 19.5 Å². The van der Waals surface area contributed by atoms with Crippen LogP contribution in [0.25, 0.3) is 0 Å². The quantitative estimate of drug-likeness (QED) is 0.764. The maximum atomic E-state index is 12.1. The number of carbonyl (C=O) groups excluding carboxylic acids is 1. The molecule has 132 valence electrons. The van der Waals surface area contributed by atoms with Gasteiger partial charge in [0.25, 0.3) is 5.91 Å². The summed E-state index contributed by atoms with van der Waals surface area (Å²) in [4.78, 5) is 23.3. The van der Waals surface area contributed by atoms with Crippen molar-refractivity contribution in [2.75, 3.05) is 25.6 Å². The zero-order valence-corrected chi connectivity index (χ0v) is 13.9. The van der Waals surface area contributed by atoms with Crippen LogP contribution in [0.3, 0.4) is 0 Å². The zero-order valence-electron chi connectivity index (χ0n) is 13.9. The molecular formula is C18H19NO6. The number of amides is 1. The van der Waals surface area contributed by atoms with E-state index in [0.717, 1.165) is 0 Å². The Bertz CT molecular complexity index is 759. The molecule has 0 fully saturated rings. The minimum absolute atomic E-state index is 0.0525. The number of anilines is 1. The Morgan fingerprint density at radius 3 is 2.52 bits per heavy atom. The molecule has 0 aromatic heterocycles. The third kappa shape index (κ3) is 4.87. The lowest BCUT2D eigenvalue weighted by Crippen LogP contribution is -2.21. The fourth-order valence-electron chi connectivity index (χ4n) is 2.11. The Hall–Kier alpha value is -3.22. The van der Waals surface area contributed by atoms with Gasteiger partial charge in [-0.25, -0.2) is 4.79 Å². The van der Waals surface area contributed by atoms with Crippen molar-refractivity contribution in [3.63, 3.8) is 0 Å². The number of nitrogens with one attached hydrogen (secondary N) is 1. The molecule has 2 aromatic rings. The van der Waals surface area contributed by atoms with E-state index in [4.69, 9.17) is 14.2 Å². The van der Waals surface area contributed by atoms with Crippen LogP contribution >= 0.6 is 0 Å². The summed E-state index contributed by atoms with van der Waals surface area (Å²) in [5.74, 6) is -0.556. The van der Waals surface area contributed by atoms with Crippen LogP contribution in [0.15, 0.2) is 42.5 Å². The van der Waals surface area contributed by atoms with E-state index in [2.05, 4.69) is 5.32 Å². The second kappa shape index (κ2) is 8.58. The van der Waals surface area contributed by atoms with Crippen LogP contribution in [-0.4, -0.2) is 37.3 Å². The monoisotopic (exact) mass is 345 g/mol. The highest BCUT2D eigenvalue weighted by Crippen LogP contribution is 2.26. The number of methoxy groups -OCH3 is 1. The normalized spacial score (nSPS) is 10.0. The van der Waals surface area contributed by atoms with Crippen molar-refractivity contribution in [1.29, 1.82) is 0 Å². The first-order chi connectivity index (χ1) is 12.0. The summed E-state index contributed by atoms with van der Waals surface area (Å²) < 4.78 is 15.8. The molecule has 0 heterocycles. The summed E-state index contributed by atoms with van der Waals surface area (Å²) in [6.45, 7) is 1.96. The van der Waals surface area contributed by atoms with Crippen LogP contribution in [0, 0.1) is 0 Å². The van der Waals surface area contributed by atoms with Gasteiger partial charge in [-0.05, 0) is 31.2 Å². The number of benzene rings is 2. The second-order valence-electron chi connectivity index (χ2n) is 4.93. The van der Waals surface area contributed by atoms with Crippen molar-refractivity contribution in [2.45, 2.75) is 6.92 Å². The molecule has 0 atom stereocenters. The summed E-state index contributed by atoms with van der Waals surface area (Å²) in [6.07, 6.45) is 0. The molecule has 0 spiro atoms. The van der Waals surface area contributed by atoms with Crippen molar-refractivity contribution in [3.05, 3.63) is 48.0 Å². The number of rotatable bonds is 8. The molecule has 2 rings (SSSR count). The standard InChI is InChI=1S/C18H19NO6/c1-3-24-15-7-5-4-6-14(15)19-17(20)11-25-16-10-12(23-2)8-9-13(16)18(21)22/h4-10H,3,11H2,1-2H3,(H,19,20)(H,21,22). The molecule has 0 radical (unpaired) electrons. The molecule has 0 aliphatic carbocycles. The smallest absolute Gasteiger partial charge is 0.339 e. The fraction of sp³-hybridized carbons (Fsp3) is 0.222. The number of aromatic carboxylic acids is 1. The molecule has 7 heteroatoms. The summed E-state index contributed by atoms with van der Waals surface area (Å²) in [5, 5.41) is 11.9. The van der Waals surface area contributed by atoms with Crippen molar-refractivity contribution >= 4 is 17.6 Å². The van der Waals surface area contributed by atoms with E-state index in [1.807, 2.05) is 6.92 Å². The number of carboxylic acids is 1. The van der Waals surface area contributed by atoms with Gasteiger partial charge in [0, 0.05) is 6.07 Å². The number of hydrogen-bond donors (Lipinski definition) is 2. The molecule has 2 N–H and O–H groups in total. The van der Waals surface area contributed by atoms with Gasteiger partial charge in [-0.3, -0.25) is 4.79 Å². The minimum Gasteiger partial charge on any atom is -0.497 e. The van der Waals surface area contributed by atoms with Crippen molar-refractivity contribution in [1.82, 2.24) is 0 Å². The van der Waals surface area contributed by atoms with E-state index < -0.39 is 11.9 Å². The Morgan fingerprint density at radius 2 is 1.84 bits per heavy atom. The van der Waals surface area contributed by atoms with Crippen molar-refractivity contribution < 1.29 is 28.9 Å². The lowest BCUT2D eigenvalue weighted by molar-refractivity contribution is -0.118. The lowest BCUT2D eigenvalue weighted by Gasteiger charge is -2.13. The molecule has 0 aliphatic heterocycles. The van der Waals surface area contributed by atoms with E-state index in [1.165, 1.54) is 25.3 Å². The largest absolute Gasteiger partial charge is 0.497 e. The highest BCUT2D eigenvalue weighted by atomic mass is 16.5. The van der Waals surface area contributed by atoms with Gasteiger partial charge >= 0.3 is 5.97 Å². The Kier molecular flexibility index (Phi) is 6.22. The summed E-state index contributed by atoms with van der Waals surface area (Å²) in [5.41, 5.74) is 0.463. The first-order valence-corrected chi connectivity index (χ1v) is 7.61. The number of hydrogen-bond acceptors (Lipinski definition) is 5. The molecule has 0 aliphatic rings. The number of para-hydroxylation sites is 2. The van der Waals surface area contributed by atoms with E-state index in [0.29, 0.717) is 23.8 Å². The topological polar surface area (TPSA) is 94.1 Å². The van der Waals surface area contributed by atoms with E-state index >= 15 is 0 Å². The van der Waals surface area contributed by atoms with E-state index in [9.17, 15) is 14.7 Å². The molecule has 2 aromatic carbocycles. The van der Waals surface area contributed by atoms with E-state index in [-0.39, 0.29) is 17.9 Å². The third-order valence-electron chi connectivity index (χ3n) is 3.24. The lowest BCUT2D eigenvalue weighted by atomic mass is 10.2. The molecule has 1 amide bonds. The summed E-state index contributed by atoms with van der Waals surface area (Å²) in [6, 6.07) is 11.3. The first-order valence-electron chi connectivity index (χ1n) is 7.61. The maximum Gasteiger partial charge on any atom is 0.339 e. The van der Waals surface area contributed by atoms with E-state index in [1.54, 1.807) is 24.3 Å². The highest BCUT2D eigenvalue weighted by Gasteiger charge is 2.14. The predicted molar refractivity (Wildman–Crippen MR) is 91.7 cm³/mol. The van der Waals surface area contributed by atoms with Gasteiger partial charge in [-0.2, -0.15) is 0 Å². The number of carbonyl (C=O) groups is 2. The number of ether oxygens (including phenoxy) is 3. The van der Waals surface area contributed by atoms with Crippen molar-refractivity contribution in [3.8, 4) is 17.2 Å². The van der Waals surface area contributed by atoms with Gasteiger partial charge in [0.15, 0.2) is 6.61 Å². The highest BCUT2D eigenvalue weighted by molar-refractivity contribution is 5.94. The average Bonchev–Trinajstić information content (AvgIpc) is 2.61. The first kappa shape index (κ1) is 18.1. The third-order valence-corrected chi connectivity index (χ3v) is 3.24. The van der Waals surface area contributed by atoms with Crippen LogP contribution in [0.2, 0.25) is 0 Å². The van der Waals surface area contributed by atoms with Crippen LogP contribution in [0.1, 0.15) is 17.3 Å². The summed E-state index contributed by atoms with van der Waals surface area (Å²) >= 11 is 0. The van der Waals surface area contributed by atoms with Gasteiger partial charge in [0.05, 0.1) is 19.4 Å². The molecule has 0 saturated carbocycles. The van der Waals surface area contributed by atoms with Gasteiger partial charge in [0.2, 0.25) is 0 Å². The summed E-state index contributed by atoms with van der Waals surface area (Å²) in [7, 11) is 1.46. The Morgan fingerprint density at radius 1 is 1.08 bits per heavy atom. The van der Waals surface area contributed by atoms with Gasteiger partial charge in [0.1, 0.15) is 22.8 Å². The molecule has 0 bridgehead atoms. The van der Waals surface area contributed by atoms with Gasteiger partial charge in [-0.1, -0.05) is 12.1 Å². The Labute approximate surface area is 145 Å². The number of carboxylic acid groups (broad SMARTS) is 1. The fourth-order valence-corrected chi connectivity index (χ4v) is 2.11. The van der Waals surface area contributed by atoms with Gasteiger partial charge in [-0.15, -0.1) is 0 Å². The van der Waals surface area contributed by atoms with Crippen LogP contribution in [-0.2, 0) is 4.79 Å². The molecule has 25 heavy (non-hydrogen) atoms. The SMILES string of the molecule is CCOc1ccccc1NC(=O)COc1cc(OC)ccc1C(=O)O. The molecule has 0 unspecified atom stereocenters. The second-order valence-corrected chi connectivity index (χ2v) is 4.93. The van der Waals surface area contributed by atoms with Crippen LogP contribution in [0.4, 0.5) is 5.69 Å². The zero-order chi connectivity index (χ0) is 18.2. The molecule has 7 nitrogen and oxygen atoms in total. The van der Waals surface area contributed by atoms with Gasteiger partial charge < -0.3 is 24.6 Å².